The van der Waals surface area contributed by atoms with E-state index < -0.39 is 6.10 Å². The van der Waals surface area contributed by atoms with Crippen LogP contribution >= 0.6 is 0 Å². The van der Waals surface area contributed by atoms with Crippen molar-refractivity contribution in [3.63, 3.8) is 0 Å². The van der Waals surface area contributed by atoms with Crippen molar-refractivity contribution in [1.82, 2.24) is 5.32 Å². The van der Waals surface area contributed by atoms with Gasteiger partial charge in [0.15, 0.2) is 0 Å². The molecule has 0 amide bonds. The Labute approximate surface area is 112 Å². The second kappa shape index (κ2) is 5.15. The molecule has 0 aliphatic heterocycles. The van der Waals surface area contributed by atoms with Crippen molar-refractivity contribution in [2.24, 2.45) is 0 Å². The number of aliphatic hydroxyl groups excluding tert-OH is 1. The topological polar surface area (TPSA) is 62.5 Å². The Bertz CT molecular complexity index is 625. The van der Waals surface area contributed by atoms with Gasteiger partial charge in [0.1, 0.15) is 5.58 Å². The Morgan fingerprint density at radius 2 is 2.00 bits per heavy atom. The molecule has 19 heavy (non-hydrogen) atoms. The zero-order valence-electron chi connectivity index (χ0n) is 11.4. The largest absolute Gasteiger partial charge is 0.423 e. The van der Waals surface area contributed by atoms with Crippen LogP contribution in [0.25, 0.3) is 11.0 Å². The minimum Gasteiger partial charge on any atom is -0.423 e. The molecule has 1 aromatic heterocycles. The van der Waals surface area contributed by atoms with Gasteiger partial charge in [0.05, 0.1) is 6.10 Å². The van der Waals surface area contributed by atoms with Gasteiger partial charge >= 0.3 is 5.63 Å². The summed E-state index contributed by atoms with van der Waals surface area (Å²) in [5, 5.41) is 14.3. The lowest BCUT2D eigenvalue weighted by molar-refractivity contribution is 0.164. The smallest absolute Gasteiger partial charge is 0.336 e. The first-order chi connectivity index (χ1) is 8.87. The summed E-state index contributed by atoms with van der Waals surface area (Å²) in [4.78, 5) is 11.2. The van der Waals surface area contributed by atoms with Crippen molar-refractivity contribution >= 4 is 11.0 Å². The number of hydrogen-bond donors (Lipinski definition) is 2. The molecule has 0 aliphatic carbocycles. The highest BCUT2D eigenvalue weighted by Gasteiger charge is 2.15. The lowest BCUT2D eigenvalue weighted by atomic mass is 10.0. The van der Waals surface area contributed by atoms with Crippen LogP contribution < -0.4 is 10.9 Å². The molecule has 0 fully saturated rings. The minimum absolute atomic E-state index is 0.0574. The van der Waals surface area contributed by atoms with E-state index >= 15 is 0 Å². The van der Waals surface area contributed by atoms with E-state index in [-0.39, 0.29) is 11.2 Å². The third kappa shape index (κ3) is 3.43. The first-order valence-corrected chi connectivity index (χ1v) is 6.33. The van der Waals surface area contributed by atoms with Crippen LogP contribution in [0, 0.1) is 0 Å². The van der Waals surface area contributed by atoms with E-state index in [1.165, 1.54) is 6.07 Å². The first kappa shape index (κ1) is 13.8. The van der Waals surface area contributed by atoms with Crippen molar-refractivity contribution in [3.05, 3.63) is 46.3 Å². The van der Waals surface area contributed by atoms with Gasteiger partial charge in [-0.1, -0.05) is 12.1 Å². The van der Waals surface area contributed by atoms with Gasteiger partial charge < -0.3 is 14.8 Å². The number of β-amino-alcohol motifs (C(OH)–C–C–N with tert-alkyl or cyclic N) is 1. The van der Waals surface area contributed by atoms with Crippen molar-refractivity contribution < 1.29 is 9.52 Å². The molecule has 2 rings (SSSR count). The molecule has 0 saturated heterocycles. The summed E-state index contributed by atoms with van der Waals surface area (Å²) in [7, 11) is 0. The SMILES string of the molecule is CC(C)(C)NC[C@@H](O)c1cccc2oc(=O)ccc12. The van der Waals surface area contributed by atoms with Crippen molar-refractivity contribution in [1.29, 1.82) is 0 Å². The monoisotopic (exact) mass is 261 g/mol. The Morgan fingerprint density at radius 3 is 2.68 bits per heavy atom. The normalized spacial score (nSPS) is 13.7. The second-order valence-electron chi connectivity index (χ2n) is 5.66. The highest BCUT2D eigenvalue weighted by molar-refractivity contribution is 5.80. The van der Waals surface area contributed by atoms with Crippen molar-refractivity contribution in [3.8, 4) is 0 Å². The molecule has 4 nitrogen and oxygen atoms in total. The van der Waals surface area contributed by atoms with Gasteiger partial charge in [0.2, 0.25) is 0 Å². The molecular weight excluding hydrogens is 242 g/mol. The van der Waals surface area contributed by atoms with Crippen LogP contribution in [0.5, 0.6) is 0 Å². The van der Waals surface area contributed by atoms with E-state index in [0.717, 1.165) is 10.9 Å². The molecule has 102 valence electrons. The van der Waals surface area contributed by atoms with Gasteiger partial charge in [-0.05, 0) is 38.5 Å². The van der Waals surface area contributed by atoms with Crippen LogP contribution in [-0.2, 0) is 0 Å². The standard InChI is InChI=1S/C15H19NO3/c1-15(2,3)16-9-12(17)10-5-4-6-13-11(10)7-8-14(18)19-13/h4-8,12,16-17H,9H2,1-3H3/t12-/m1/s1. The lowest BCUT2D eigenvalue weighted by Gasteiger charge is -2.23. The summed E-state index contributed by atoms with van der Waals surface area (Å²) in [6.45, 7) is 6.58. The molecule has 2 aromatic rings. The summed E-state index contributed by atoms with van der Waals surface area (Å²) in [5.41, 5.74) is 0.822. The molecule has 2 N–H and O–H groups in total. The number of hydrogen-bond acceptors (Lipinski definition) is 4. The zero-order chi connectivity index (χ0) is 14.0. The van der Waals surface area contributed by atoms with Crippen LogP contribution in [0.3, 0.4) is 0 Å². The number of benzene rings is 1. The van der Waals surface area contributed by atoms with Gasteiger partial charge in [0.25, 0.3) is 0 Å². The second-order valence-corrected chi connectivity index (χ2v) is 5.66. The highest BCUT2D eigenvalue weighted by Crippen LogP contribution is 2.23. The predicted molar refractivity (Wildman–Crippen MR) is 75.2 cm³/mol. The maximum absolute atomic E-state index is 11.2. The number of rotatable bonds is 3. The van der Waals surface area contributed by atoms with E-state index in [1.807, 2.05) is 26.8 Å². The van der Waals surface area contributed by atoms with E-state index in [9.17, 15) is 9.90 Å². The Hall–Kier alpha value is -1.65. The number of aliphatic hydroxyl groups is 1. The van der Waals surface area contributed by atoms with Crippen LogP contribution in [0.4, 0.5) is 0 Å². The van der Waals surface area contributed by atoms with Crippen molar-refractivity contribution in [2.75, 3.05) is 6.54 Å². The summed E-state index contributed by atoms with van der Waals surface area (Å²) in [5.74, 6) is 0. The average Bonchev–Trinajstić information content (AvgIpc) is 2.34. The lowest BCUT2D eigenvalue weighted by Crippen LogP contribution is -2.38. The van der Waals surface area contributed by atoms with E-state index in [0.29, 0.717) is 12.1 Å². The summed E-state index contributed by atoms with van der Waals surface area (Å²) in [6, 6.07) is 8.41. The molecule has 0 aliphatic rings. The molecular formula is C15H19NO3. The Kier molecular flexibility index (Phi) is 3.73. The maximum atomic E-state index is 11.2. The minimum atomic E-state index is -0.643. The van der Waals surface area contributed by atoms with E-state index in [2.05, 4.69) is 5.32 Å². The van der Waals surface area contributed by atoms with Crippen molar-refractivity contribution in [2.45, 2.75) is 32.4 Å². The molecule has 0 spiro atoms. The third-order valence-electron chi connectivity index (χ3n) is 2.88. The summed E-state index contributed by atoms with van der Waals surface area (Å²) < 4.78 is 5.11. The Morgan fingerprint density at radius 1 is 1.26 bits per heavy atom. The van der Waals surface area contributed by atoms with Gasteiger partial charge in [-0.15, -0.1) is 0 Å². The molecule has 4 heteroatoms. The fourth-order valence-corrected chi connectivity index (χ4v) is 1.93. The highest BCUT2D eigenvalue weighted by atomic mass is 16.4. The third-order valence-corrected chi connectivity index (χ3v) is 2.88. The fourth-order valence-electron chi connectivity index (χ4n) is 1.93. The molecule has 0 unspecified atom stereocenters. The van der Waals surface area contributed by atoms with Gasteiger partial charge in [-0.25, -0.2) is 4.79 Å². The van der Waals surface area contributed by atoms with Crippen LogP contribution in [-0.4, -0.2) is 17.2 Å². The summed E-state index contributed by atoms with van der Waals surface area (Å²) in [6.07, 6.45) is -0.643. The number of nitrogens with one attached hydrogen (secondary N) is 1. The zero-order valence-corrected chi connectivity index (χ0v) is 11.4. The van der Waals surface area contributed by atoms with E-state index in [1.54, 1.807) is 18.2 Å². The van der Waals surface area contributed by atoms with Gasteiger partial charge in [-0.3, -0.25) is 0 Å². The predicted octanol–water partition coefficient (Wildman–Crippen LogP) is 2.21. The molecule has 0 bridgehead atoms. The van der Waals surface area contributed by atoms with E-state index in [4.69, 9.17) is 4.42 Å². The van der Waals surface area contributed by atoms with Gasteiger partial charge in [-0.2, -0.15) is 0 Å². The molecule has 1 atom stereocenters. The number of fused-ring (bicyclic) bond motifs is 1. The molecule has 0 saturated carbocycles. The Balaban J connectivity index is 2.32. The maximum Gasteiger partial charge on any atom is 0.336 e. The summed E-state index contributed by atoms with van der Waals surface area (Å²) >= 11 is 0. The van der Waals surface area contributed by atoms with Crippen LogP contribution in [0.1, 0.15) is 32.4 Å². The van der Waals surface area contributed by atoms with Gasteiger partial charge in [0, 0.05) is 23.5 Å². The average molecular weight is 261 g/mol. The molecule has 1 aromatic carbocycles. The molecule has 0 radical (unpaired) electrons. The van der Waals surface area contributed by atoms with Crippen LogP contribution in [0.15, 0.2) is 39.5 Å². The fraction of sp³-hybridized carbons (Fsp3) is 0.400. The quantitative estimate of drug-likeness (QED) is 0.832. The first-order valence-electron chi connectivity index (χ1n) is 6.33. The molecule has 1 heterocycles. The van der Waals surface area contributed by atoms with Crippen LogP contribution in [0.2, 0.25) is 0 Å².